The van der Waals surface area contributed by atoms with Crippen LogP contribution in [0.1, 0.15) is 24.0 Å². The Bertz CT molecular complexity index is 853. The number of phenolic OH excluding ortho intramolecular Hbond substituents is 1. The molecule has 0 unspecified atom stereocenters. The summed E-state index contributed by atoms with van der Waals surface area (Å²) in [7, 11) is 4.32. The van der Waals surface area contributed by atoms with Crippen LogP contribution in [0.2, 0.25) is 0 Å². The Labute approximate surface area is 161 Å². The first-order chi connectivity index (χ1) is 13.0. The lowest BCUT2D eigenvalue weighted by Gasteiger charge is -2.44. The lowest BCUT2D eigenvalue weighted by atomic mass is 10.00. The van der Waals surface area contributed by atoms with Crippen molar-refractivity contribution in [3.05, 3.63) is 29.3 Å². The van der Waals surface area contributed by atoms with Gasteiger partial charge < -0.3 is 19.8 Å². The summed E-state index contributed by atoms with van der Waals surface area (Å²) in [6.07, 6.45) is 2.43. The molecule has 0 radical (unpaired) electrons. The fraction of sp³-hybridized carbons (Fsp3) is 0.524. The molecule has 1 N–H and O–H groups in total. The molecule has 0 spiro atoms. The van der Waals surface area contributed by atoms with Crippen molar-refractivity contribution in [2.24, 2.45) is 0 Å². The van der Waals surface area contributed by atoms with Gasteiger partial charge in [0.05, 0.1) is 5.69 Å². The molecule has 2 aliphatic heterocycles. The summed E-state index contributed by atoms with van der Waals surface area (Å²) in [6, 6.07) is 6.21. The molecule has 1 aromatic heterocycles. The Morgan fingerprint density at radius 1 is 1.07 bits per heavy atom. The van der Waals surface area contributed by atoms with Crippen LogP contribution in [0.3, 0.4) is 0 Å². The van der Waals surface area contributed by atoms with Gasteiger partial charge in [-0.3, -0.25) is 0 Å². The number of rotatable bonds is 2. The molecular weight excluding hydrogens is 338 g/mol. The number of likely N-dealkylation sites (N-methyl/N-ethyl adjacent to an activating group) is 2. The smallest absolute Gasteiger partial charge is 0.175 e. The van der Waals surface area contributed by atoms with Crippen LogP contribution in [0.5, 0.6) is 5.75 Å². The maximum absolute atomic E-state index is 10.4. The van der Waals surface area contributed by atoms with Crippen molar-refractivity contribution in [2.75, 3.05) is 50.1 Å². The summed E-state index contributed by atoms with van der Waals surface area (Å²) in [5.41, 5.74) is 4.76. The Morgan fingerprint density at radius 3 is 2.63 bits per heavy atom. The largest absolute Gasteiger partial charge is 0.507 e. The van der Waals surface area contributed by atoms with Crippen molar-refractivity contribution >= 4 is 11.5 Å². The Morgan fingerprint density at radius 2 is 1.89 bits per heavy atom. The monoisotopic (exact) mass is 367 g/mol. The number of hydrogen-bond donors (Lipinski definition) is 1. The van der Waals surface area contributed by atoms with Gasteiger partial charge in [0.15, 0.2) is 5.82 Å². The van der Waals surface area contributed by atoms with E-state index in [9.17, 15) is 5.11 Å². The van der Waals surface area contributed by atoms with E-state index in [1.54, 1.807) is 6.07 Å². The fourth-order valence-electron chi connectivity index (χ4n) is 4.47. The average molecular weight is 367 g/mol. The van der Waals surface area contributed by atoms with Gasteiger partial charge in [-0.15, -0.1) is 10.2 Å². The van der Waals surface area contributed by atoms with E-state index in [4.69, 9.17) is 0 Å². The van der Waals surface area contributed by atoms with Crippen LogP contribution in [0, 0.1) is 13.8 Å². The number of hydrogen-bond acceptors (Lipinski definition) is 6. The standard InChI is InChI=1S/C21H29N5O/c1-14-7-8-17(18(27)12-14)19-15(2)20-21(23-22-19)26(11-10-25(20)4)16-6-5-9-24(3)13-16/h7-8,12,16,27H,5-6,9-11,13H2,1-4H3/t16-/m1/s1. The second-order valence-electron chi connectivity index (χ2n) is 8.04. The van der Waals surface area contributed by atoms with E-state index < -0.39 is 0 Å². The first kappa shape index (κ1) is 18.0. The molecule has 2 aromatic rings. The Hall–Kier alpha value is -2.34. The number of fused-ring (bicyclic) bond motifs is 1. The normalized spacial score (nSPS) is 20.7. The maximum atomic E-state index is 10.4. The van der Waals surface area contributed by atoms with Crippen LogP contribution < -0.4 is 9.80 Å². The van der Waals surface area contributed by atoms with E-state index in [0.717, 1.165) is 53.5 Å². The number of likely N-dealkylation sites (tertiary alicyclic amines) is 1. The van der Waals surface area contributed by atoms with E-state index in [1.165, 1.54) is 19.4 Å². The van der Waals surface area contributed by atoms with E-state index >= 15 is 0 Å². The minimum absolute atomic E-state index is 0.261. The minimum atomic E-state index is 0.261. The third kappa shape index (κ3) is 3.23. The highest BCUT2D eigenvalue weighted by atomic mass is 16.3. The zero-order valence-corrected chi connectivity index (χ0v) is 16.7. The Kier molecular flexibility index (Phi) is 4.68. The number of piperidine rings is 1. The highest BCUT2D eigenvalue weighted by Crippen LogP contribution is 2.40. The van der Waals surface area contributed by atoms with Crippen molar-refractivity contribution in [3.8, 4) is 17.0 Å². The van der Waals surface area contributed by atoms with Crippen LogP contribution in [0.4, 0.5) is 11.5 Å². The third-order valence-corrected chi connectivity index (χ3v) is 5.95. The third-order valence-electron chi connectivity index (χ3n) is 5.95. The molecule has 1 atom stereocenters. The fourth-order valence-corrected chi connectivity index (χ4v) is 4.47. The second-order valence-corrected chi connectivity index (χ2v) is 8.04. The summed E-state index contributed by atoms with van der Waals surface area (Å²) in [6.45, 7) is 8.26. The zero-order chi connectivity index (χ0) is 19.1. The molecule has 0 aliphatic carbocycles. The molecule has 0 saturated carbocycles. The molecule has 0 amide bonds. The molecule has 27 heavy (non-hydrogen) atoms. The van der Waals surface area contributed by atoms with Gasteiger partial charge >= 0.3 is 0 Å². The molecule has 1 saturated heterocycles. The molecule has 6 heteroatoms. The van der Waals surface area contributed by atoms with Gasteiger partial charge in [-0.05, 0) is 58.0 Å². The van der Waals surface area contributed by atoms with Crippen LogP contribution in [-0.4, -0.2) is 66.5 Å². The van der Waals surface area contributed by atoms with Gasteiger partial charge in [-0.25, -0.2) is 0 Å². The quantitative estimate of drug-likeness (QED) is 0.881. The lowest BCUT2D eigenvalue weighted by molar-refractivity contribution is 0.243. The molecule has 144 valence electrons. The van der Waals surface area contributed by atoms with Gasteiger partial charge in [0.25, 0.3) is 0 Å². The first-order valence-corrected chi connectivity index (χ1v) is 9.79. The number of aromatic hydroxyl groups is 1. The summed E-state index contributed by atoms with van der Waals surface area (Å²) in [5.74, 6) is 1.24. The van der Waals surface area contributed by atoms with Gasteiger partial charge in [-0.2, -0.15) is 0 Å². The van der Waals surface area contributed by atoms with Crippen LogP contribution in [0.15, 0.2) is 18.2 Å². The minimum Gasteiger partial charge on any atom is -0.507 e. The van der Waals surface area contributed by atoms with E-state index in [1.807, 2.05) is 19.1 Å². The molecule has 4 rings (SSSR count). The Balaban J connectivity index is 1.77. The average Bonchev–Trinajstić information content (AvgIpc) is 2.63. The number of aromatic nitrogens is 2. The number of benzene rings is 1. The van der Waals surface area contributed by atoms with Crippen molar-refractivity contribution in [2.45, 2.75) is 32.7 Å². The second kappa shape index (κ2) is 7.00. The number of phenols is 1. The highest BCUT2D eigenvalue weighted by Gasteiger charge is 2.32. The van der Waals surface area contributed by atoms with E-state index in [2.05, 4.69) is 45.9 Å². The number of anilines is 2. The van der Waals surface area contributed by atoms with Crippen molar-refractivity contribution in [1.29, 1.82) is 0 Å². The zero-order valence-electron chi connectivity index (χ0n) is 16.7. The van der Waals surface area contributed by atoms with Crippen LogP contribution >= 0.6 is 0 Å². The van der Waals surface area contributed by atoms with Gasteiger partial charge in [0.2, 0.25) is 0 Å². The SMILES string of the molecule is Cc1ccc(-c2nnc3c(c2C)N(C)CCN3[C@@H]2CCCN(C)C2)c(O)c1. The summed E-state index contributed by atoms with van der Waals surface area (Å²) >= 11 is 0. The predicted octanol–water partition coefficient (Wildman–Crippen LogP) is 2.82. The van der Waals surface area contributed by atoms with Crippen LogP contribution in [0.25, 0.3) is 11.3 Å². The lowest BCUT2D eigenvalue weighted by Crippen LogP contribution is -2.52. The number of nitrogens with zero attached hydrogens (tertiary/aromatic N) is 5. The summed E-state index contributed by atoms with van der Waals surface area (Å²) < 4.78 is 0. The summed E-state index contributed by atoms with van der Waals surface area (Å²) in [4.78, 5) is 7.13. The van der Waals surface area contributed by atoms with Crippen molar-refractivity contribution < 1.29 is 5.11 Å². The molecule has 6 nitrogen and oxygen atoms in total. The molecular formula is C21H29N5O. The number of aryl methyl sites for hydroxylation is 1. The molecule has 1 aromatic carbocycles. The predicted molar refractivity (Wildman–Crippen MR) is 110 cm³/mol. The maximum Gasteiger partial charge on any atom is 0.175 e. The molecule has 2 aliphatic rings. The van der Waals surface area contributed by atoms with Gasteiger partial charge in [-0.1, -0.05) is 6.07 Å². The topological polar surface area (TPSA) is 55.7 Å². The highest BCUT2D eigenvalue weighted by molar-refractivity contribution is 5.81. The van der Waals surface area contributed by atoms with Crippen molar-refractivity contribution in [1.82, 2.24) is 15.1 Å². The van der Waals surface area contributed by atoms with E-state index in [-0.39, 0.29) is 5.75 Å². The summed E-state index contributed by atoms with van der Waals surface area (Å²) in [5, 5.41) is 19.6. The first-order valence-electron chi connectivity index (χ1n) is 9.79. The van der Waals surface area contributed by atoms with Crippen LogP contribution in [-0.2, 0) is 0 Å². The molecule has 3 heterocycles. The molecule has 0 bridgehead atoms. The van der Waals surface area contributed by atoms with E-state index in [0.29, 0.717) is 6.04 Å². The molecule has 1 fully saturated rings. The van der Waals surface area contributed by atoms with Crippen molar-refractivity contribution in [3.63, 3.8) is 0 Å². The van der Waals surface area contributed by atoms with Gasteiger partial charge in [0, 0.05) is 43.9 Å². The van der Waals surface area contributed by atoms with Gasteiger partial charge in [0.1, 0.15) is 11.4 Å².